The second-order valence-electron chi connectivity index (χ2n) is 4.85. The van der Waals surface area contributed by atoms with Crippen molar-refractivity contribution in [2.24, 2.45) is 0 Å². The summed E-state index contributed by atoms with van der Waals surface area (Å²) in [6.07, 6.45) is 6.24. The van der Waals surface area contributed by atoms with E-state index in [0.717, 1.165) is 25.7 Å². The van der Waals surface area contributed by atoms with Gasteiger partial charge in [-0.2, -0.15) is 8.78 Å². The van der Waals surface area contributed by atoms with E-state index in [1.807, 2.05) is 0 Å². The fourth-order valence-electron chi connectivity index (χ4n) is 2.30. The lowest BCUT2D eigenvalue weighted by atomic mass is 9.95. The molecular weight excluding hydrogens is 300 g/mol. The number of hydrogen-bond donors (Lipinski definition) is 1. The lowest BCUT2D eigenvalue weighted by Gasteiger charge is -2.28. The predicted octanol–water partition coefficient (Wildman–Crippen LogP) is 3.08. The molecule has 1 aliphatic rings. The molecule has 0 amide bonds. The molecule has 8 heteroatoms. The van der Waals surface area contributed by atoms with Crippen LogP contribution in [-0.4, -0.2) is 33.0 Å². The quantitative estimate of drug-likeness (QED) is 0.900. The van der Waals surface area contributed by atoms with Gasteiger partial charge in [-0.15, -0.1) is 0 Å². The molecule has 0 saturated heterocycles. The second-order valence-corrected chi connectivity index (χ2v) is 6.33. The minimum Gasteiger partial charge on any atom is -0.432 e. The number of nitrogens with one attached hydrogen (secondary N) is 1. The minimum absolute atomic E-state index is 0.0582. The molecule has 1 heterocycles. The van der Waals surface area contributed by atoms with E-state index in [0.29, 0.717) is 11.2 Å². The number of alkyl halides is 2. The van der Waals surface area contributed by atoms with Crippen LogP contribution in [0.3, 0.4) is 0 Å². The molecular formula is C13H17F2N3O2S. The number of carbonyl (C=O) groups is 1. The van der Waals surface area contributed by atoms with Crippen LogP contribution in [0.4, 0.5) is 14.7 Å². The standard InChI is InChI=1S/C13H17F2N3O2S/c1-8(19)21-11-4-2-9(3-5-11)18-13-16-6-10(7-17-13)20-12(14)15/h6-7,9,11-12H,2-5H2,1H3,(H,16,17,18). The summed E-state index contributed by atoms with van der Waals surface area (Å²) < 4.78 is 28.2. The molecule has 0 bridgehead atoms. The lowest BCUT2D eigenvalue weighted by Crippen LogP contribution is -2.28. The summed E-state index contributed by atoms with van der Waals surface area (Å²) in [5, 5.41) is 3.72. The highest BCUT2D eigenvalue weighted by Gasteiger charge is 2.23. The van der Waals surface area contributed by atoms with Crippen LogP contribution in [0.2, 0.25) is 0 Å². The first kappa shape index (κ1) is 15.9. The first-order valence-corrected chi connectivity index (χ1v) is 7.61. The molecule has 1 aromatic heterocycles. The number of hydrogen-bond acceptors (Lipinski definition) is 6. The van der Waals surface area contributed by atoms with E-state index in [1.54, 1.807) is 6.92 Å². The SMILES string of the molecule is CC(=O)SC1CCC(Nc2ncc(OC(F)F)cn2)CC1. The van der Waals surface area contributed by atoms with Gasteiger partial charge < -0.3 is 10.1 Å². The molecule has 0 atom stereocenters. The molecule has 5 nitrogen and oxygen atoms in total. The minimum atomic E-state index is -2.87. The van der Waals surface area contributed by atoms with Crippen LogP contribution >= 0.6 is 11.8 Å². The third-order valence-electron chi connectivity index (χ3n) is 3.19. The maximum Gasteiger partial charge on any atom is 0.387 e. The highest BCUT2D eigenvalue weighted by Crippen LogP contribution is 2.30. The van der Waals surface area contributed by atoms with E-state index in [2.05, 4.69) is 20.0 Å². The molecule has 0 radical (unpaired) electrons. The Kier molecular flexibility index (Phi) is 5.72. The third-order valence-corrected chi connectivity index (χ3v) is 4.33. The Morgan fingerprint density at radius 1 is 1.33 bits per heavy atom. The smallest absolute Gasteiger partial charge is 0.387 e. The summed E-state index contributed by atoms with van der Waals surface area (Å²) in [6, 6.07) is 0.246. The molecule has 116 valence electrons. The van der Waals surface area contributed by atoms with Crippen molar-refractivity contribution in [3.8, 4) is 5.75 Å². The maximum absolute atomic E-state index is 12.0. The topological polar surface area (TPSA) is 64.1 Å². The molecule has 1 fully saturated rings. The average Bonchev–Trinajstić information content (AvgIpc) is 2.42. The second kappa shape index (κ2) is 7.53. The number of aromatic nitrogens is 2. The van der Waals surface area contributed by atoms with E-state index in [1.165, 1.54) is 24.2 Å². The lowest BCUT2D eigenvalue weighted by molar-refractivity contribution is -0.109. The molecule has 1 aliphatic carbocycles. The van der Waals surface area contributed by atoms with Crippen LogP contribution in [0, 0.1) is 0 Å². The Morgan fingerprint density at radius 3 is 2.48 bits per heavy atom. The van der Waals surface area contributed by atoms with Gasteiger partial charge in [0, 0.05) is 18.2 Å². The van der Waals surface area contributed by atoms with Crippen molar-refractivity contribution < 1.29 is 18.3 Å². The van der Waals surface area contributed by atoms with E-state index in [9.17, 15) is 13.6 Å². The summed E-state index contributed by atoms with van der Waals surface area (Å²) in [5.41, 5.74) is 0. The van der Waals surface area contributed by atoms with Gasteiger partial charge in [-0.3, -0.25) is 4.79 Å². The summed E-state index contributed by atoms with van der Waals surface area (Å²) in [5.74, 6) is 0.344. The maximum atomic E-state index is 12.0. The van der Waals surface area contributed by atoms with Crippen LogP contribution in [0.1, 0.15) is 32.6 Å². The molecule has 0 unspecified atom stereocenters. The Hall–Kier alpha value is -1.44. The van der Waals surface area contributed by atoms with Crippen LogP contribution in [0.5, 0.6) is 5.75 Å². The van der Waals surface area contributed by atoms with Gasteiger partial charge in [0.1, 0.15) is 0 Å². The first-order chi connectivity index (χ1) is 10.0. The number of rotatable bonds is 5. The van der Waals surface area contributed by atoms with Crippen molar-refractivity contribution in [3.05, 3.63) is 12.4 Å². The van der Waals surface area contributed by atoms with E-state index < -0.39 is 6.61 Å². The van der Waals surface area contributed by atoms with Crippen molar-refractivity contribution in [2.75, 3.05) is 5.32 Å². The molecule has 1 N–H and O–H groups in total. The number of ether oxygens (including phenoxy) is 1. The van der Waals surface area contributed by atoms with Gasteiger partial charge in [0.2, 0.25) is 5.95 Å². The fraction of sp³-hybridized carbons (Fsp3) is 0.615. The van der Waals surface area contributed by atoms with Crippen molar-refractivity contribution in [1.82, 2.24) is 9.97 Å². The van der Waals surface area contributed by atoms with Crippen LogP contribution < -0.4 is 10.1 Å². The largest absolute Gasteiger partial charge is 0.432 e. The van der Waals surface area contributed by atoms with Crippen molar-refractivity contribution in [3.63, 3.8) is 0 Å². The molecule has 0 spiro atoms. The zero-order valence-electron chi connectivity index (χ0n) is 11.6. The Labute approximate surface area is 125 Å². The van der Waals surface area contributed by atoms with Crippen molar-refractivity contribution in [1.29, 1.82) is 0 Å². The highest BCUT2D eigenvalue weighted by atomic mass is 32.2. The molecule has 1 aromatic rings. The number of nitrogens with zero attached hydrogens (tertiary/aromatic N) is 2. The first-order valence-electron chi connectivity index (χ1n) is 6.73. The van der Waals surface area contributed by atoms with Crippen LogP contribution in [0.25, 0.3) is 0 Å². The summed E-state index contributed by atoms with van der Waals surface area (Å²) in [4.78, 5) is 19.0. The van der Waals surface area contributed by atoms with E-state index >= 15 is 0 Å². The van der Waals surface area contributed by atoms with Gasteiger partial charge in [0.25, 0.3) is 0 Å². The summed E-state index contributed by atoms with van der Waals surface area (Å²) >= 11 is 1.41. The average molecular weight is 317 g/mol. The van der Waals surface area contributed by atoms with Gasteiger partial charge >= 0.3 is 6.61 Å². The van der Waals surface area contributed by atoms with Crippen molar-refractivity contribution in [2.45, 2.75) is 50.5 Å². The monoisotopic (exact) mass is 317 g/mol. The molecule has 21 heavy (non-hydrogen) atoms. The zero-order valence-corrected chi connectivity index (χ0v) is 12.4. The van der Waals surface area contributed by atoms with Crippen LogP contribution in [0.15, 0.2) is 12.4 Å². The van der Waals surface area contributed by atoms with Gasteiger partial charge in [-0.05, 0) is 25.7 Å². The van der Waals surface area contributed by atoms with Gasteiger partial charge in [-0.1, -0.05) is 11.8 Å². The number of halogens is 2. The Morgan fingerprint density at radius 2 is 1.95 bits per heavy atom. The number of anilines is 1. The molecule has 2 rings (SSSR count). The Bertz CT molecular complexity index is 465. The summed E-state index contributed by atoms with van der Waals surface area (Å²) in [7, 11) is 0. The number of carbonyl (C=O) groups excluding carboxylic acids is 1. The van der Waals surface area contributed by atoms with Crippen molar-refractivity contribution >= 4 is 22.8 Å². The predicted molar refractivity (Wildman–Crippen MR) is 76.6 cm³/mol. The van der Waals surface area contributed by atoms with E-state index in [-0.39, 0.29) is 16.9 Å². The summed E-state index contributed by atoms with van der Waals surface area (Å²) in [6.45, 7) is -1.28. The molecule has 0 aliphatic heterocycles. The van der Waals surface area contributed by atoms with Gasteiger partial charge in [-0.25, -0.2) is 9.97 Å². The zero-order chi connectivity index (χ0) is 15.2. The van der Waals surface area contributed by atoms with Gasteiger partial charge in [0.15, 0.2) is 10.9 Å². The molecule has 1 saturated carbocycles. The van der Waals surface area contributed by atoms with Gasteiger partial charge in [0.05, 0.1) is 12.4 Å². The third kappa shape index (κ3) is 5.45. The normalized spacial score (nSPS) is 22.1. The molecule has 0 aromatic carbocycles. The fourth-order valence-corrected chi connectivity index (χ4v) is 3.27. The van der Waals surface area contributed by atoms with E-state index in [4.69, 9.17) is 0 Å². The number of thioether (sulfide) groups is 1. The highest BCUT2D eigenvalue weighted by molar-refractivity contribution is 8.14. The Balaban J connectivity index is 1.79. The van der Waals surface area contributed by atoms with Crippen LogP contribution in [-0.2, 0) is 4.79 Å².